The number of hydrogen-bond acceptors (Lipinski definition) is 6. The van der Waals surface area contributed by atoms with Crippen LogP contribution in [0.15, 0.2) is 33.3 Å². The van der Waals surface area contributed by atoms with Crippen molar-refractivity contribution in [1.29, 1.82) is 0 Å². The summed E-state index contributed by atoms with van der Waals surface area (Å²) in [5.41, 5.74) is 0.893. The zero-order valence-corrected chi connectivity index (χ0v) is 11.9. The standard InChI is InChI=1S/C12H12N4OS2/c1-8-5-9(17-16-8)7-19-12-13-11(14-15-12)6-10-3-2-4-18-10/h2-5H,6-7H2,1H3,(H,13,14,15). The van der Waals surface area contributed by atoms with Crippen molar-refractivity contribution in [2.75, 3.05) is 0 Å². The molecule has 0 aliphatic carbocycles. The highest BCUT2D eigenvalue weighted by Gasteiger charge is 2.07. The van der Waals surface area contributed by atoms with Crippen LogP contribution < -0.4 is 0 Å². The molecule has 0 aliphatic rings. The van der Waals surface area contributed by atoms with Gasteiger partial charge in [0, 0.05) is 17.4 Å². The van der Waals surface area contributed by atoms with Crippen molar-refractivity contribution in [3.63, 3.8) is 0 Å². The monoisotopic (exact) mass is 292 g/mol. The van der Waals surface area contributed by atoms with E-state index >= 15 is 0 Å². The van der Waals surface area contributed by atoms with E-state index in [0.717, 1.165) is 28.9 Å². The fourth-order valence-corrected chi connectivity index (χ4v) is 3.02. The Labute approximate surface area is 118 Å². The number of thiophene rings is 1. The molecule has 0 spiro atoms. The topological polar surface area (TPSA) is 67.6 Å². The lowest BCUT2D eigenvalue weighted by molar-refractivity contribution is 0.391. The quantitative estimate of drug-likeness (QED) is 0.732. The van der Waals surface area contributed by atoms with Gasteiger partial charge in [-0.25, -0.2) is 4.98 Å². The Hall–Kier alpha value is -1.60. The van der Waals surface area contributed by atoms with E-state index in [1.165, 1.54) is 16.6 Å². The van der Waals surface area contributed by atoms with Crippen LogP contribution in [0.3, 0.4) is 0 Å². The number of rotatable bonds is 5. The van der Waals surface area contributed by atoms with E-state index < -0.39 is 0 Å². The van der Waals surface area contributed by atoms with Crippen molar-refractivity contribution in [3.8, 4) is 0 Å². The van der Waals surface area contributed by atoms with Crippen molar-refractivity contribution < 1.29 is 4.52 Å². The predicted octanol–water partition coefficient (Wildman–Crippen LogP) is 3.05. The third kappa shape index (κ3) is 3.24. The van der Waals surface area contributed by atoms with Crippen LogP contribution in [0, 0.1) is 6.92 Å². The summed E-state index contributed by atoms with van der Waals surface area (Å²) in [6.45, 7) is 1.91. The average Bonchev–Trinajstić information content (AvgIpc) is 3.10. The van der Waals surface area contributed by atoms with Crippen molar-refractivity contribution >= 4 is 23.1 Å². The Balaban J connectivity index is 1.59. The summed E-state index contributed by atoms with van der Waals surface area (Å²) in [5.74, 6) is 2.42. The molecule has 98 valence electrons. The summed E-state index contributed by atoms with van der Waals surface area (Å²) >= 11 is 3.26. The first-order valence-corrected chi connectivity index (χ1v) is 7.65. The second-order valence-electron chi connectivity index (χ2n) is 4.04. The van der Waals surface area contributed by atoms with Gasteiger partial charge < -0.3 is 4.52 Å². The number of thioether (sulfide) groups is 1. The Kier molecular flexibility index (Phi) is 3.65. The molecule has 1 N–H and O–H groups in total. The maximum Gasteiger partial charge on any atom is 0.208 e. The van der Waals surface area contributed by atoms with Crippen molar-refractivity contribution in [3.05, 3.63) is 45.7 Å². The third-order valence-electron chi connectivity index (χ3n) is 2.45. The van der Waals surface area contributed by atoms with Crippen molar-refractivity contribution in [2.45, 2.75) is 24.3 Å². The number of aryl methyl sites for hydroxylation is 1. The lowest BCUT2D eigenvalue weighted by atomic mass is 10.3. The Morgan fingerprint density at radius 3 is 3.16 bits per heavy atom. The zero-order valence-electron chi connectivity index (χ0n) is 10.3. The van der Waals surface area contributed by atoms with Crippen LogP contribution in [0.2, 0.25) is 0 Å². The molecule has 3 heterocycles. The fourth-order valence-electron chi connectivity index (χ4n) is 1.62. The van der Waals surface area contributed by atoms with Crippen LogP contribution in [0.4, 0.5) is 0 Å². The van der Waals surface area contributed by atoms with Crippen molar-refractivity contribution in [2.24, 2.45) is 0 Å². The highest BCUT2D eigenvalue weighted by molar-refractivity contribution is 7.98. The Morgan fingerprint density at radius 1 is 1.47 bits per heavy atom. The van der Waals surface area contributed by atoms with E-state index in [2.05, 4.69) is 31.8 Å². The SMILES string of the molecule is Cc1cc(CSc2n[nH]c(Cc3cccs3)n2)on1. The molecule has 7 heteroatoms. The second-order valence-corrected chi connectivity index (χ2v) is 6.02. The summed E-state index contributed by atoms with van der Waals surface area (Å²) < 4.78 is 5.14. The summed E-state index contributed by atoms with van der Waals surface area (Å²) in [6.07, 6.45) is 0.798. The molecule has 0 unspecified atom stereocenters. The molecule has 0 amide bonds. The van der Waals surface area contributed by atoms with Crippen LogP contribution in [-0.2, 0) is 12.2 Å². The lowest BCUT2D eigenvalue weighted by Crippen LogP contribution is -1.87. The minimum Gasteiger partial charge on any atom is -0.360 e. The highest BCUT2D eigenvalue weighted by atomic mass is 32.2. The first-order valence-electron chi connectivity index (χ1n) is 5.78. The predicted molar refractivity (Wildman–Crippen MR) is 74.3 cm³/mol. The normalized spacial score (nSPS) is 11.0. The molecule has 19 heavy (non-hydrogen) atoms. The maximum atomic E-state index is 5.14. The molecule has 0 aliphatic heterocycles. The van der Waals surface area contributed by atoms with E-state index in [4.69, 9.17) is 4.52 Å². The first-order chi connectivity index (χ1) is 9.29. The summed E-state index contributed by atoms with van der Waals surface area (Å²) in [5, 5.41) is 13.8. The van der Waals surface area contributed by atoms with Gasteiger partial charge >= 0.3 is 0 Å². The molecule has 3 aromatic rings. The van der Waals surface area contributed by atoms with Gasteiger partial charge in [0.15, 0.2) is 0 Å². The molecular formula is C12H12N4OS2. The zero-order chi connectivity index (χ0) is 13.1. The smallest absolute Gasteiger partial charge is 0.208 e. The highest BCUT2D eigenvalue weighted by Crippen LogP contribution is 2.20. The number of aromatic amines is 1. The lowest BCUT2D eigenvalue weighted by Gasteiger charge is -1.91. The average molecular weight is 292 g/mol. The van der Waals surface area contributed by atoms with Gasteiger partial charge in [-0.05, 0) is 18.4 Å². The van der Waals surface area contributed by atoms with Gasteiger partial charge in [-0.3, -0.25) is 5.10 Å². The molecule has 0 radical (unpaired) electrons. The molecule has 3 aromatic heterocycles. The number of hydrogen-bond donors (Lipinski definition) is 1. The first kappa shape index (κ1) is 12.4. The minimum atomic E-state index is 0.692. The number of nitrogens with one attached hydrogen (secondary N) is 1. The van der Waals surface area contributed by atoms with Crippen molar-refractivity contribution in [1.82, 2.24) is 20.3 Å². The number of aromatic nitrogens is 4. The Bertz CT molecular complexity index is 644. The molecule has 3 rings (SSSR count). The van der Waals surface area contributed by atoms with Gasteiger partial charge in [-0.2, -0.15) is 0 Å². The van der Waals surface area contributed by atoms with Gasteiger partial charge in [0.25, 0.3) is 0 Å². The van der Waals surface area contributed by atoms with E-state index in [-0.39, 0.29) is 0 Å². The largest absolute Gasteiger partial charge is 0.360 e. The summed E-state index contributed by atoms with van der Waals surface area (Å²) in [7, 11) is 0. The molecule has 0 aromatic carbocycles. The van der Waals surface area contributed by atoms with Gasteiger partial charge in [0.05, 0.1) is 11.4 Å². The van der Waals surface area contributed by atoms with E-state index in [1.54, 1.807) is 11.3 Å². The summed E-state index contributed by atoms with van der Waals surface area (Å²) in [6, 6.07) is 6.06. The van der Waals surface area contributed by atoms with Gasteiger partial charge in [-0.1, -0.05) is 23.0 Å². The molecule has 0 fully saturated rings. The van der Waals surface area contributed by atoms with Crippen LogP contribution in [0.5, 0.6) is 0 Å². The number of H-pyrrole nitrogens is 1. The molecular weight excluding hydrogens is 280 g/mol. The van der Waals surface area contributed by atoms with E-state index in [9.17, 15) is 0 Å². The van der Waals surface area contributed by atoms with Crippen LogP contribution in [0.25, 0.3) is 0 Å². The van der Waals surface area contributed by atoms with Gasteiger partial charge in [0.2, 0.25) is 5.16 Å². The molecule has 0 saturated carbocycles. The molecule has 0 bridgehead atoms. The summed E-state index contributed by atoms with van der Waals surface area (Å²) in [4.78, 5) is 5.72. The van der Waals surface area contributed by atoms with Crippen LogP contribution in [-0.4, -0.2) is 20.3 Å². The second kappa shape index (κ2) is 5.58. The maximum absolute atomic E-state index is 5.14. The van der Waals surface area contributed by atoms with Crippen LogP contribution in [0.1, 0.15) is 22.2 Å². The third-order valence-corrected chi connectivity index (χ3v) is 4.20. The van der Waals surface area contributed by atoms with Crippen LogP contribution >= 0.6 is 23.1 Å². The number of nitrogens with zero attached hydrogens (tertiary/aromatic N) is 3. The van der Waals surface area contributed by atoms with E-state index in [0.29, 0.717) is 5.75 Å². The van der Waals surface area contributed by atoms with E-state index in [1.807, 2.05) is 19.1 Å². The Morgan fingerprint density at radius 2 is 2.42 bits per heavy atom. The molecule has 0 atom stereocenters. The van der Waals surface area contributed by atoms with Gasteiger partial charge in [0.1, 0.15) is 11.6 Å². The molecule has 5 nitrogen and oxygen atoms in total. The molecule has 0 saturated heterocycles. The minimum absolute atomic E-state index is 0.692. The van der Waals surface area contributed by atoms with Gasteiger partial charge in [-0.15, -0.1) is 16.4 Å². The fraction of sp³-hybridized carbons (Fsp3) is 0.250.